The molecule has 1 aromatic carbocycles. The van der Waals surface area contributed by atoms with Crippen LogP contribution in [0.2, 0.25) is 0 Å². The predicted octanol–water partition coefficient (Wildman–Crippen LogP) is 3.83. The van der Waals surface area contributed by atoms with E-state index >= 15 is 0 Å². The Morgan fingerprint density at radius 1 is 1.54 bits per heavy atom. The van der Waals surface area contributed by atoms with E-state index in [0.717, 1.165) is 18.4 Å². The van der Waals surface area contributed by atoms with Crippen LogP contribution in [-0.4, -0.2) is 23.8 Å². The quantitative estimate of drug-likeness (QED) is 0.588. The summed E-state index contributed by atoms with van der Waals surface area (Å²) in [5.74, 6) is 1.09. The first kappa shape index (κ1) is 17.3. The van der Waals surface area contributed by atoms with Crippen molar-refractivity contribution in [3.63, 3.8) is 0 Å². The van der Waals surface area contributed by atoms with E-state index in [0.29, 0.717) is 22.7 Å². The lowest BCUT2D eigenvalue weighted by atomic mass is 9.90. The number of carbonyl (C=O) groups is 1. The van der Waals surface area contributed by atoms with Crippen LogP contribution in [0.5, 0.6) is 11.5 Å². The molecule has 0 unspecified atom stereocenters. The third-order valence-electron chi connectivity index (χ3n) is 5.35. The summed E-state index contributed by atoms with van der Waals surface area (Å²) in [6.45, 7) is 4.53. The summed E-state index contributed by atoms with van der Waals surface area (Å²) in [6.07, 6.45) is 6.32. The molecular weight excluding hydrogens is 372 g/mol. The molecular formula is C18H23BrN2O3. The van der Waals surface area contributed by atoms with E-state index < -0.39 is 0 Å². The Labute approximate surface area is 150 Å². The van der Waals surface area contributed by atoms with Gasteiger partial charge in [0.25, 0.3) is 0 Å². The fourth-order valence-corrected chi connectivity index (χ4v) is 4.48. The standard InChI is InChI=1S/C18H23BrN2O3/c1-3-24-14-9-11(8-13(19)16(14)22)10-20-21-17(23)15-12-6-4-5-7-18(12,15)2/h8-10,12,15,22H,3-7H2,1-2H3,(H,21,23)/b20-10-/t12-,15-,18+/m1/s1. The van der Waals surface area contributed by atoms with Gasteiger partial charge < -0.3 is 9.84 Å². The summed E-state index contributed by atoms with van der Waals surface area (Å²) < 4.78 is 5.91. The first-order chi connectivity index (χ1) is 11.5. The van der Waals surface area contributed by atoms with Crippen LogP contribution < -0.4 is 10.2 Å². The highest BCUT2D eigenvalue weighted by molar-refractivity contribution is 9.10. The number of nitrogens with zero attached hydrogens (tertiary/aromatic N) is 1. The largest absolute Gasteiger partial charge is 0.503 e. The normalized spacial score (nSPS) is 28.5. The second-order valence-electron chi connectivity index (χ2n) is 6.85. The van der Waals surface area contributed by atoms with Crippen molar-refractivity contribution in [3.8, 4) is 11.5 Å². The minimum atomic E-state index is 0.0172. The Kier molecular flexibility index (Phi) is 4.85. The zero-order valence-corrected chi connectivity index (χ0v) is 15.6. The Morgan fingerprint density at radius 2 is 2.33 bits per heavy atom. The fourth-order valence-electron chi connectivity index (χ4n) is 4.02. The van der Waals surface area contributed by atoms with Crippen LogP contribution in [0, 0.1) is 17.3 Å². The van der Waals surface area contributed by atoms with E-state index in [1.165, 1.54) is 12.8 Å². The fraction of sp³-hybridized carbons (Fsp3) is 0.556. The highest BCUT2D eigenvalue weighted by Crippen LogP contribution is 2.66. The van der Waals surface area contributed by atoms with E-state index in [1.54, 1.807) is 18.3 Å². The number of aromatic hydroxyl groups is 1. The van der Waals surface area contributed by atoms with Crippen LogP contribution in [0.3, 0.4) is 0 Å². The van der Waals surface area contributed by atoms with Crippen molar-refractivity contribution in [2.45, 2.75) is 39.5 Å². The van der Waals surface area contributed by atoms with Gasteiger partial charge in [-0.15, -0.1) is 0 Å². The molecule has 1 aromatic rings. The number of rotatable bonds is 5. The summed E-state index contributed by atoms with van der Waals surface area (Å²) >= 11 is 3.29. The number of amides is 1. The lowest BCUT2D eigenvalue weighted by Gasteiger charge is -2.15. The Balaban J connectivity index is 1.63. The zero-order valence-electron chi connectivity index (χ0n) is 14.0. The first-order valence-electron chi connectivity index (χ1n) is 8.45. The smallest absolute Gasteiger partial charge is 0.244 e. The monoisotopic (exact) mass is 394 g/mol. The number of fused-ring (bicyclic) bond motifs is 1. The van der Waals surface area contributed by atoms with Crippen molar-refractivity contribution in [1.29, 1.82) is 0 Å². The summed E-state index contributed by atoms with van der Waals surface area (Å²) in [7, 11) is 0. The van der Waals surface area contributed by atoms with Crippen LogP contribution >= 0.6 is 15.9 Å². The Bertz CT molecular complexity index is 676. The van der Waals surface area contributed by atoms with Gasteiger partial charge in [0.2, 0.25) is 5.91 Å². The predicted molar refractivity (Wildman–Crippen MR) is 96.3 cm³/mol. The van der Waals surface area contributed by atoms with Crippen molar-refractivity contribution in [2.75, 3.05) is 6.61 Å². The molecule has 2 aliphatic rings. The number of benzene rings is 1. The highest BCUT2D eigenvalue weighted by atomic mass is 79.9. The molecule has 130 valence electrons. The molecule has 0 radical (unpaired) electrons. The molecule has 6 heteroatoms. The second kappa shape index (κ2) is 6.75. The third-order valence-corrected chi connectivity index (χ3v) is 5.96. The highest BCUT2D eigenvalue weighted by Gasteiger charge is 2.64. The number of ether oxygens (including phenoxy) is 1. The van der Waals surface area contributed by atoms with Gasteiger partial charge in [-0.25, -0.2) is 5.43 Å². The van der Waals surface area contributed by atoms with Crippen molar-refractivity contribution in [1.82, 2.24) is 5.43 Å². The average molecular weight is 395 g/mol. The minimum Gasteiger partial charge on any atom is -0.503 e. The van der Waals surface area contributed by atoms with Gasteiger partial charge in [-0.2, -0.15) is 5.10 Å². The number of hydrogen-bond donors (Lipinski definition) is 2. The molecule has 0 spiro atoms. The lowest BCUT2D eigenvalue weighted by Crippen LogP contribution is -2.22. The van der Waals surface area contributed by atoms with Gasteiger partial charge in [-0.1, -0.05) is 19.8 Å². The van der Waals surface area contributed by atoms with Gasteiger partial charge in [0.15, 0.2) is 11.5 Å². The van der Waals surface area contributed by atoms with Crippen molar-refractivity contribution >= 4 is 28.1 Å². The molecule has 2 N–H and O–H groups in total. The van der Waals surface area contributed by atoms with E-state index in [9.17, 15) is 9.90 Å². The molecule has 0 aromatic heterocycles. The van der Waals surface area contributed by atoms with E-state index in [2.05, 4.69) is 33.4 Å². The van der Waals surface area contributed by atoms with Crippen LogP contribution in [0.1, 0.15) is 45.1 Å². The number of phenols is 1. The maximum atomic E-state index is 12.4. The topological polar surface area (TPSA) is 70.9 Å². The zero-order chi connectivity index (χ0) is 17.3. The van der Waals surface area contributed by atoms with Crippen molar-refractivity contribution < 1.29 is 14.6 Å². The second-order valence-corrected chi connectivity index (χ2v) is 7.71. The molecule has 24 heavy (non-hydrogen) atoms. The van der Waals surface area contributed by atoms with Crippen molar-refractivity contribution in [2.24, 2.45) is 22.4 Å². The maximum absolute atomic E-state index is 12.4. The van der Waals surface area contributed by atoms with Crippen LogP contribution in [0.4, 0.5) is 0 Å². The molecule has 0 bridgehead atoms. The Hall–Kier alpha value is -1.56. The number of halogens is 1. The maximum Gasteiger partial charge on any atom is 0.244 e. The van der Waals surface area contributed by atoms with Crippen LogP contribution in [0.15, 0.2) is 21.7 Å². The number of hydrazone groups is 1. The molecule has 1 amide bonds. The lowest BCUT2D eigenvalue weighted by molar-refractivity contribution is -0.123. The first-order valence-corrected chi connectivity index (χ1v) is 9.25. The number of carbonyl (C=O) groups excluding carboxylic acids is 1. The molecule has 3 rings (SSSR count). The molecule has 0 aliphatic heterocycles. The molecule has 0 heterocycles. The molecule has 0 saturated heterocycles. The third kappa shape index (κ3) is 3.16. The van der Waals surface area contributed by atoms with Gasteiger partial charge in [0.05, 0.1) is 17.3 Å². The van der Waals surface area contributed by atoms with E-state index in [-0.39, 0.29) is 23.0 Å². The number of nitrogens with one attached hydrogen (secondary N) is 1. The number of hydrogen-bond acceptors (Lipinski definition) is 4. The van der Waals surface area contributed by atoms with Gasteiger partial charge in [0.1, 0.15) is 0 Å². The summed E-state index contributed by atoms with van der Waals surface area (Å²) in [5, 5.41) is 14.0. The molecule has 3 atom stereocenters. The van der Waals surface area contributed by atoms with E-state index in [1.807, 2.05) is 6.92 Å². The van der Waals surface area contributed by atoms with Crippen LogP contribution in [-0.2, 0) is 4.79 Å². The van der Waals surface area contributed by atoms with Gasteiger partial charge in [-0.3, -0.25) is 4.79 Å². The molecule has 2 fully saturated rings. The van der Waals surface area contributed by atoms with Gasteiger partial charge in [-0.05, 0) is 64.7 Å². The van der Waals surface area contributed by atoms with Crippen molar-refractivity contribution in [3.05, 3.63) is 22.2 Å². The summed E-state index contributed by atoms with van der Waals surface area (Å²) in [6, 6.07) is 3.42. The molecule has 2 aliphatic carbocycles. The Morgan fingerprint density at radius 3 is 3.00 bits per heavy atom. The van der Waals surface area contributed by atoms with Gasteiger partial charge >= 0.3 is 0 Å². The van der Waals surface area contributed by atoms with Crippen LogP contribution in [0.25, 0.3) is 0 Å². The summed E-state index contributed by atoms with van der Waals surface area (Å²) in [5.41, 5.74) is 3.59. The van der Waals surface area contributed by atoms with Gasteiger partial charge in [0, 0.05) is 5.92 Å². The minimum absolute atomic E-state index is 0.0172. The number of phenolic OH excluding ortho intramolecular Hbond substituents is 1. The molecule has 5 nitrogen and oxygen atoms in total. The summed E-state index contributed by atoms with van der Waals surface area (Å²) in [4.78, 5) is 12.4. The van der Waals surface area contributed by atoms with E-state index in [4.69, 9.17) is 4.74 Å². The average Bonchev–Trinajstić information content (AvgIpc) is 3.18. The molecule has 2 saturated carbocycles. The SMILES string of the molecule is CCOc1cc(/C=N\NC(=O)[C@H]2[C@H]3CCCC[C@@]32C)cc(Br)c1O.